The Balaban J connectivity index is 0. The Kier molecular flexibility index (Phi) is 9.48. The molecule has 1 nitrogen and oxygen atoms in total. The molecule has 0 saturated heterocycles. The van der Waals surface area contributed by atoms with E-state index in [0.717, 1.165) is 12.5 Å². The van der Waals surface area contributed by atoms with E-state index < -0.39 is 0 Å². The van der Waals surface area contributed by atoms with Crippen molar-refractivity contribution in [2.75, 3.05) is 6.54 Å². The molecule has 0 aliphatic rings. The number of hydrogen-bond acceptors (Lipinski definition) is 1. The zero-order valence-electron chi connectivity index (χ0n) is 7.48. The lowest BCUT2D eigenvalue weighted by Gasteiger charge is -2.16. The van der Waals surface area contributed by atoms with Gasteiger partial charge >= 0.3 is 0 Å². The monoisotopic (exact) mass is 165 g/mol. The Bertz CT molecular complexity index is 64.3. The molecule has 0 amide bonds. The van der Waals surface area contributed by atoms with Gasteiger partial charge in [-0.1, -0.05) is 20.8 Å². The summed E-state index contributed by atoms with van der Waals surface area (Å²) < 4.78 is 0. The third-order valence-corrected chi connectivity index (χ3v) is 1.72. The predicted molar refractivity (Wildman–Crippen MR) is 49.8 cm³/mol. The summed E-state index contributed by atoms with van der Waals surface area (Å²) in [6.45, 7) is 10.1. The summed E-state index contributed by atoms with van der Waals surface area (Å²) in [4.78, 5) is 0. The second-order valence-electron chi connectivity index (χ2n) is 2.99. The van der Waals surface area contributed by atoms with Gasteiger partial charge in [0.2, 0.25) is 0 Å². The fraction of sp³-hybridized carbons (Fsp3) is 1.00. The minimum absolute atomic E-state index is 0. The maximum Gasteiger partial charge on any atom is 0.00617 e. The fourth-order valence-corrected chi connectivity index (χ4v) is 0.608. The average Bonchev–Trinajstić information content (AvgIpc) is 1.82. The van der Waals surface area contributed by atoms with Gasteiger partial charge in [0, 0.05) is 6.04 Å². The van der Waals surface area contributed by atoms with Crippen molar-refractivity contribution in [3.05, 3.63) is 0 Å². The summed E-state index contributed by atoms with van der Waals surface area (Å²) in [7, 11) is 0. The molecule has 0 bridgehead atoms. The molecule has 0 saturated carbocycles. The van der Waals surface area contributed by atoms with Crippen LogP contribution in [0.15, 0.2) is 0 Å². The third kappa shape index (κ3) is 6.37. The molecule has 0 aromatic carbocycles. The standard InChI is InChI=1S/C8H19N.ClH/c1-5-6-9-8(4)7(2)3;/h7-9H,5-6H2,1-4H3;1H. The molecule has 10 heavy (non-hydrogen) atoms. The molecular formula is C8H20ClN. The van der Waals surface area contributed by atoms with Gasteiger partial charge in [-0.15, -0.1) is 12.4 Å². The molecule has 0 aromatic rings. The first-order chi connectivity index (χ1) is 4.18. The first-order valence-corrected chi connectivity index (χ1v) is 3.91. The highest BCUT2D eigenvalue weighted by Gasteiger charge is 2.03. The van der Waals surface area contributed by atoms with E-state index in [1.54, 1.807) is 0 Å². The number of hydrogen-bond donors (Lipinski definition) is 1. The molecule has 0 aliphatic heterocycles. The SMILES string of the molecule is CCCNC(C)C(C)C.Cl. The molecule has 64 valence electrons. The van der Waals surface area contributed by atoms with Crippen LogP contribution in [0, 0.1) is 5.92 Å². The molecule has 0 radical (unpaired) electrons. The highest BCUT2D eigenvalue weighted by molar-refractivity contribution is 5.85. The van der Waals surface area contributed by atoms with Crippen molar-refractivity contribution >= 4 is 12.4 Å². The Hall–Kier alpha value is 0.250. The minimum atomic E-state index is 0. The molecule has 0 heterocycles. The molecule has 2 heteroatoms. The third-order valence-electron chi connectivity index (χ3n) is 1.72. The Morgan fingerprint density at radius 1 is 1.20 bits per heavy atom. The van der Waals surface area contributed by atoms with Gasteiger partial charge in [-0.05, 0) is 25.8 Å². The maximum absolute atomic E-state index is 3.43. The number of nitrogens with one attached hydrogen (secondary N) is 1. The van der Waals surface area contributed by atoms with Gasteiger partial charge in [-0.25, -0.2) is 0 Å². The van der Waals surface area contributed by atoms with Crippen molar-refractivity contribution in [3.63, 3.8) is 0 Å². The summed E-state index contributed by atoms with van der Waals surface area (Å²) in [5.74, 6) is 0.761. The molecule has 0 rings (SSSR count). The van der Waals surface area contributed by atoms with Gasteiger partial charge in [0.25, 0.3) is 0 Å². The molecule has 0 spiro atoms. The Morgan fingerprint density at radius 3 is 2.00 bits per heavy atom. The summed E-state index contributed by atoms with van der Waals surface area (Å²) in [6.07, 6.45) is 1.23. The number of rotatable bonds is 4. The Labute approximate surface area is 71.0 Å². The predicted octanol–water partition coefficient (Wildman–Crippen LogP) is 2.45. The number of halogens is 1. The van der Waals surface area contributed by atoms with Crippen molar-refractivity contribution in [1.82, 2.24) is 5.32 Å². The first-order valence-electron chi connectivity index (χ1n) is 3.91. The van der Waals surface area contributed by atoms with E-state index in [4.69, 9.17) is 0 Å². The molecule has 1 atom stereocenters. The Morgan fingerprint density at radius 2 is 1.70 bits per heavy atom. The largest absolute Gasteiger partial charge is 0.314 e. The molecule has 0 aliphatic carbocycles. The van der Waals surface area contributed by atoms with Crippen molar-refractivity contribution < 1.29 is 0 Å². The van der Waals surface area contributed by atoms with Gasteiger partial charge < -0.3 is 5.32 Å². The van der Waals surface area contributed by atoms with E-state index in [-0.39, 0.29) is 12.4 Å². The van der Waals surface area contributed by atoms with Crippen molar-refractivity contribution in [3.8, 4) is 0 Å². The van der Waals surface area contributed by atoms with Crippen LogP contribution in [0.4, 0.5) is 0 Å². The summed E-state index contributed by atoms with van der Waals surface area (Å²) in [5.41, 5.74) is 0. The zero-order chi connectivity index (χ0) is 7.28. The van der Waals surface area contributed by atoms with Crippen LogP contribution >= 0.6 is 12.4 Å². The highest BCUT2D eigenvalue weighted by atomic mass is 35.5. The van der Waals surface area contributed by atoms with Crippen molar-refractivity contribution in [2.24, 2.45) is 5.92 Å². The van der Waals surface area contributed by atoms with Gasteiger partial charge in [0.1, 0.15) is 0 Å². The van der Waals surface area contributed by atoms with Crippen molar-refractivity contribution in [2.45, 2.75) is 40.2 Å². The smallest absolute Gasteiger partial charge is 0.00617 e. The summed E-state index contributed by atoms with van der Waals surface area (Å²) in [6, 6.07) is 0.671. The van der Waals surface area contributed by atoms with E-state index in [1.165, 1.54) is 6.42 Å². The van der Waals surface area contributed by atoms with Crippen LogP contribution in [-0.4, -0.2) is 12.6 Å². The molecule has 0 fully saturated rings. The fourth-order valence-electron chi connectivity index (χ4n) is 0.608. The summed E-state index contributed by atoms with van der Waals surface area (Å²) in [5, 5.41) is 3.43. The van der Waals surface area contributed by atoms with E-state index in [2.05, 4.69) is 33.0 Å². The first kappa shape index (κ1) is 12.9. The van der Waals surface area contributed by atoms with E-state index in [1.807, 2.05) is 0 Å². The molecule has 0 aromatic heterocycles. The molecule has 1 N–H and O–H groups in total. The van der Waals surface area contributed by atoms with E-state index in [0.29, 0.717) is 6.04 Å². The van der Waals surface area contributed by atoms with Gasteiger partial charge in [-0.3, -0.25) is 0 Å². The van der Waals surface area contributed by atoms with Crippen LogP contribution in [0.25, 0.3) is 0 Å². The lowest BCUT2D eigenvalue weighted by Crippen LogP contribution is -2.31. The highest BCUT2D eigenvalue weighted by Crippen LogP contribution is 1.98. The van der Waals surface area contributed by atoms with Gasteiger partial charge in [0.15, 0.2) is 0 Å². The molecule has 1 unspecified atom stereocenters. The van der Waals surface area contributed by atoms with Crippen LogP contribution < -0.4 is 5.32 Å². The maximum atomic E-state index is 3.43. The van der Waals surface area contributed by atoms with E-state index in [9.17, 15) is 0 Å². The average molecular weight is 166 g/mol. The van der Waals surface area contributed by atoms with Crippen LogP contribution in [0.3, 0.4) is 0 Å². The topological polar surface area (TPSA) is 12.0 Å². The quantitative estimate of drug-likeness (QED) is 0.675. The lowest BCUT2D eigenvalue weighted by atomic mass is 10.1. The van der Waals surface area contributed by atoms with Crippen LogP contribution in [-0.2, 0) is 0 Å². The molecular weight excluding hydrogens is 146 g/mol. The second kappa shape index (κ2) is 7.36. The van der Waals surface area contributed by atoms with Crippen LogP contribution in [0.5, 0.6) is 0 Å². The van der Waals surface area contributed by atoms with Crippen LogP contribution in [0.1, 0.15) is 34.1 Å². The minimum Gasteiger partial charge on any atom is -0.314 e. The zero-order valence-corrected chi connectivity index (χ0v) is 8.29. The van der Waals surface area contributed by atoms with Crippen LogP contribution in [0.2, 0.25) is 0 Å². The second-order valence-corrected chi connectivity index (χ2v) is 2.99. The normalized spacial score (nSPS) is 12.9. The lowest BCUT2D eigenvalue weighted by molar-refractivity contribution is 0.428. The van der Waals surface area contributed by atoms with E-state index >= 15 is 0 Å². The van der Waals surface area contributed by atoms with Gasteiger partial charge in [0.05, 0.1) is 0 Å². The summed E-state index contributed by atoms with van der Waals surface area (Å²) >= 11 is 0. The van der Waals surface area contributed by atoms with Crippen molar-refractivity contribution in [1.29, 1.82) is 0 Å². The van der Waals surface area contributed by atoms with Gasteiger partial charge in [-0.2, -0.15) is 0 Å².